The summed E-state index contributed by atoms with van der Waals surface area (Å²) >= 11 is 0. The maximum atomic E-state index is 12.4. The highest BCUT2D eigenvalue weighted by Crippen LogP contribution is 2.22. The van der Waals surface area contributed by atoms with E-state index in [1.807, 2.05) is 36.4 Å². The van der Waals surface area contributed by atoms with Crippen molar-refractivity contribution in [2.75, 3.05) is 16.8 Å². The Kier molecular flexibility index (Phi) is 4.42. The second kappa shape index (κ2) is 6.65. The van der Waals surface area contributed by atoms with Gasteiger partial charge in [-0.1, -0.05) is 25.1 Å². The Morgan fingerprint density at radius 3 is 2.61 bits per heavy atom. The third kappa shape index (κ3) is 3.42. The molecule has 0 aromatic heterocycles. The Hall–Kier alpha value is -2.62. The van der Waals surface area contributed by atoms with Crippen LogP contribution in [-0.2, 0) is 11.2 Å². The Bertz CT molecular complexity index is 722. The number of amides is 2. The maximum absolute atomic E-state index is 12.4. The van der Waals surface area contributed by atoms with Crippen LogP contribution >= 0.6 is 0 Å². The van der Waals surface area contributed by atoms with E-state index in [9.17, 15) is 9.59 Å². The van der Waals surface area contributed by atoms with Crippen LogP contribution in [0.15, 0.2) is 48.5 Å². The van der Waals surface area contributed by atoms with Gasteiger partial charge in [0.15, 0.2) is 0 Å². The van der Waals surface area contributed by atoms with Crippen molar-refractivity contribution in [1.82, 2.24) is 0 Å². The Morgan fingerprint density at radius 2 is 1.96 bits per heavy atom. The second-order valence-corrected chi connectivity index (χ2v) is 5.70. The minimum atomic E-state index is -0.164. The lowest BCUT2D eigenvalue weighted by molar-refractivity contribution is -0.117. The number of carbonyl (C=O) groups is 2. The molecule has 23 heavy (non-hydrogen) atoms. The molecule has 4 heteroatoms. The van der Waals surface area contributed by atoms with E-state index in [0.717, 1.165) is 30.8 Å². The van der Waals surface area contributed by atoms with Gasteiger partial charge < -0.3 is 10.2 Å². The number of aryl methyl sites for hydroxylation is 1. The van der Waals surface area contributed by atoms with E-state index in [1.54, 1.807) is 17.0 Å². The number of carbonyl (C=O) groups excluding carboxylic acids is 2. The van der Waals surface area contributed by atoms with Gasteiger partial charge in [-0.3, -0.25) is 9.59 Å². The molecule has 2 aromatic carbocycles. The molecule has 1 heterocycles. The molecule has 1 fully saturated rings. The topological polar surface area (TPSA) is 49.4 Å². The first-order valence-electron chi connectivity index (χ1n) is 7.98. The monoisotopic (exact) mass is 308 g/mol. The Morgan fingerprint density at radius 1 is 1.17 bits per heavy atom. The highest BCUT2D eigenvalue weighted by Gasteiger charge is 2.22. The van der Waals surface area contributed by atoms with Gasteiger partial charge in [0.1, 0.15) is 0 Å². The van der Waals surface area contributed by atoms with E-state index < -0.39 is 0 Å². The van der Waals surface area contributed by atoms with E-state index in [2.05, 4.69) is 12.2 Å². The summed E-state index contributed by atoms with van der Waals surface area (Å²) in [6, 6.07) is 15.1. The molecule has 118 valence electrons. The van der Waals surface area contributed by atoms with Crippen LogP contribution in [0.5, 0.6) is 0 Å². The highest BCUT2D eigenvalue weighted by molar-refractivity contribution is 6.05. The molecule has 0 saturated carbocycles. The van der Waals surface area contributed by atoms with Crippen LogP contribution in [0.3, 0.4) is 0 Å². The van der Waals surface area contributed by atoms with Gasteiger partial charge in [-0.05, 0) is 48.7 Å². The maximum Gasteiger partial charge on any atom is 0.255 e. The second-order valence-electron chi connectivity index (χ2n) is 5.70. The number of hydrogen-bond donors (Lipinski definition) is 1. The van der Waals surface area contributed by atoms with Gasteiger partial charge in [-0.25, -0.2) is 0 Å². The average molecular weight is 308 g/mol. The summed E-state index contributed by atoms with van der Waals surface area (Å²) in [5, 5.41) is 2.90. The fourth-order valence-corrected chi connectivity index (χ4v) is 2.76. The first kappa shape index (κ1) is 15.3. The molecule has 0 atom stereocenters. The van der Waals surface area contributed by atoms with Crippen molar-refractivity contribution >= 4 is 23.2 Å². The largest absolute Gasteiger partial charge is 0.322 e. The standard InChI is InChI=1S/C19H20N2O2/c1-2-14-8-10-16(11-9-14)20-19(23)15-5-3-6-17(13-15)21-12-4-7-18(21)22/h3,5-6,8-11,13H,2,4,7,12H2,1H3,(H,20,23). The first-order chi connectivity index (χ1) is 11.2. The van der Waals surface area contributed by atoms with Gasteiger partial charge in [-0.15, -0.1) is 0 Å². The molecular formula is C19H20N2O2. The molecule has 3 rings (SSSR count). The van der Waals surface area contributed by atoms with Crippen molar-refractivity contribution in [2.45, 2.75) is 26.2 Å². The molecule has 0 bridgehead atoms. The van der Waals surface area contributed by atoms with Crippen molar-refractivity contribution in [2.24, 2.45) is 0 Å². The summed E-state index contributed by atoms with van der Waals surface area (Å²) in [5.74, 6) is -0.0412. The fourth-order valence-electron chi connectivity index (χ4n) is 2.76. The van der Waals surface area contributed by atoms with Crippen molar-refractivity contribution in [3.8, 4) is 0 Å². The summed E-state index contributed by atoms with van der Waals surface area (Å²) in [7, 11) is 0. The van der Waals surface area contributed by atoms with Crippen molar-refractivity contribution in [3.63, 3.8) is 0 Å². The van der Waals surface area contributed by atoms with Gasteiger partial charge in [-0.2, -0.15) is 0 Å². The molecule has 1 aliphatic heterocycles. The zero-order chi connectivity index (χ0) is 16.2. The molecule has 0 aliphatic carbocycles. The van der Waals surface area contributed by atoms with Gasteiger partial charge in [0.2, 0.25) is 5.91 Å². The molecule has 1 N–H and O–H groups in total. The quantitative estimate of drug-likeness (QED) is 0.937. The van der Waals surface area contributed by atoms with E-state index in [-0.39, 0.29) is 11.8 Å². The summed E-state index contributed by atoms with van der Waals surface area (Å²) in [6.45, 7) is 2.82. The van der Waals surface area contributed by atoms with E-state index in [1.165, 1.54) is 5.56 Å². The fraction of sp³-hybridized carbons (Fsp3) is 0.263. The average Bonchev–Trinajstić information content (AvgIpc) is 3.02. The van der Waals surface area contributed by atoms with Crippen molar-refractivity contribution in [1.29, 1.82) is 0 Å². The zero-order valence-electron chi connectivity index (χ0n) is 13.2. The molecule has 0 radical (unpaired) electrons. The normalized spacial score (nSPS) is 14.1. The lowest BCUT2D eigenvalue weighted by atomic mass is 10.1. The van der Waals surface area contributed by atoms with Crippen LogP contribution < -0.4 is 10.2 Å². The first-order valence-corrected chi connectivity index (χ1v) is 7.98. The van der Waals surface area contributed by atoms with Crippen molar-refractivity contribution in [3.05, 3.63) is 59.7 Å². The lowest BCUT2D eigenvalue weighted by Crippen LogP contribution is -2.24. The van der Waals surface area contributed by atoms with Gasteiger partial charge in [0, 0.05) is 29.9 Å². The molecule has 2 aromatic rings. The predicted molar refractivity (Wildman–Crippen MR) is 91.8 cm³/mol. The third-order valence-corrected chi connectivity index (χ3v) is 4.11. The van der Waals surface area contributed by atoms with Gasteiger partial charge in [0.25, 0.3) is 5.91 Å². The smallest absolute Gasteiger partial charge is 0.255 e. The highest BCUT2D eigenvalue weighted by atomic mass is 16.2. The van der Waals surface area contributed by atoms with Crippen LogP contribution in [0, 0.1) is 0 Å². The molecule has 4 nitrogen and oxygen atoms in total. The number of rotatable bonds is 4. The van der Waals surface area contributed by atoms with E-state index in [4.69, 9.17) is 0 Å². The van der Waals surface area contributed by atoms with Gasteiger partial charge >= 0.3 is 0 Å². The molecule has 0 unspecified atom stereocenters. The third-order valence-electron chi connectivity index (χ3n) is 4.11. The van der Waals surface area contributed by atoms with Crippen LogP contribution in [0.4, 0.5) is 11.4 Å². The summed E-state index contributed by atoms with van der Waals surface area (Å²) in [5.41, 5.74) is 3.36. The number of nitrogens with zero attached hydrogens (tertiary/aromatic N) is 1. The van der Waals surface area contributed by atoms with Crippen LogP contribution in [0.25, 0.3) is 0 Å². The molecule has 2 amide bonds. The molecule has 1 aliphatic rings. The van der Waals surface area contributed by atoms with E-state index >= 15 is 0 Å². The van der Waals surface area contributed by atoms with Crippen LogP contribution in [0.2, 0.25) is 0 Å². The van der Waals surface area contributed by atoms with E-state index in [0.29, 0.717) is 12.0 Å². The number of hydrogen-bond acceptors (Lipinski definition) is 2. The SMILES string of the molecule is CCc1ccc(NC(=O)c2cccc(N3CCCC3=O)c2)cc1. The van der Waals surface area contributed by atoms with Crippen LogP contribution in [-0.4, -0.2) is 18.4 Å². The number of nitrogens with one attached hydrogen (secondary N) is 1. The summed E-state index contributed by atoms with van der Waals surface area (Å²) in [6.07, 6.45) is 2.43. The van der Waals surface area contributed by atoms with Crippen molar-refractivity contribution < 1.29 is 9.59 Å². The van der Waals surface area contributed by atoms with Gasteiger partial charge in [0.05, 0.1) is 0 Å². The van der Waals surface area contributed by atoms with Crippen LogP contribution in [0.1, 0.15) is 35.7 Å². The number of benzene rings is 2. The summed E-state index contributed by atoms with van der Waals surface area (Å²) < 4.78 is 0. The Labute approximate surface area is 136 Å². The molecule has 1 saturated heterocycles. The predicted octanol–water partition coefficient (Wildman–Crippen LogP) is 3.63. The zero-order valence-corrected chi connectivity index (χ0v) is 13.2. The minimum absolute atomic E-state index is 0.123. The summed E-state index contributed by atoms with van der Waals surface area (Å²) in [4.78, 5) is 26.0. The molecule has 0 spiro atoms. The molecular weight excluding hydrogens is 288 g/mol. The minimum Gasteiger partial charge on any atom is -0.322 e. The number of anilines is 2. The lowest BCUT2D eigenvalue weighted by Gasteiger charge is -2.16. The Balaban J connectivity index is 1.75.